The first kappa shape index (κ1) is 12.1. The smallest absolute Gasteiger partial charge is 0.222 e. The van der Waals surface area contributed by atoms with E-state index in [1.807, 2.05) is 19.5 Å². The number of nitrogens with zero attached hydrogens (tertiary/aromatic N) is 2. The van der Waals surface area contributed by atoms with Gasteiger partial charge in [-0.15, -0.1) is 11.3 Å². The molecule has 0 fully saturated rings. The Bertz CT molecular complexity index is 287. The highest BCUT2D eigenvalue weighted by Crippen LogP contribution is 2.07. The highest BCUT2D eigenvalue weighted by atomic mass is 32.1. The van der Waals surface area contributed by atoms with Crippen LogP contribution in [0, 0.1) is 0 Å². The fraction of sp³-hybridized carbons (Fsp3) is 0.600. The number of carbonyl (C=O) groups is 1. The van der Waals surface area contributed by atoms with Crippen LogP contribution in [0.4, 0.5) is 0 Å². The minimum Gasteiger partial charge on any atom is -0.344 e. The minimum absolute atomic E-state index is 0.181. The average molecular weight is 227 g/mol. The van der Waals surface area contributed by atoms with E-state index in [1.54, 1.807) is 22.4 Å². The third kappa shape index (κ3) is 4.40. The van der Waals surface area contributed by atoms with E-state index in [0.29, 0.717) is 6.42 Å². The van der Waals surface area contributed by atoms with Crippen molar-refractivity contribution < 1.29 is 4.79 Å². The maximum atomic E-state index is 11.6. The van der Waals surface area contributed by atoms with E-state index in [0.717, 1.165) is 24.5 Å². The van der Waals surface area contributed by atoms with Gasteiger partial charge in [0.2, 0.25) is 5.91 Å². The van der Waals surface area contributed by atoms with Crippen molar-refractivity contribution in [2.24, 2.45) is 0 Å². The lowest BCUT2D eigenvalue weighted by molar-refractivity contribution is -0.129. The summed E-state index contributed by atoms with van der Waals surface area (Å²) in [6.45, 7) is 1.59. The Morgan fingerprint density at radius 3 is 3.07 bits per heavy atom. The van der Waals surface area contributed by atoms with E-state index in [1.165, 1.54) is 0 Å². The molecule has 0 unspecified atom stereocenters. The first-order chi connectivity index (χ1) is 7.24. The lowest BCUT2D eigenvalue weighted by Gasteiger charge is -2.16. The zero-order chi connectivity index (χ0) is 11.1. The number of aryl methyl sites for hydroxylation is 1. The van der Waals surface area contributed by atoms with Gasteiger partial charge in [0.1, 0.15) is 0 Å². The van der Waals surface area contributed by atoms with Gasteiger partial charge in [0.25, 0.3) is 0 Å². The molecule has 15 heavy (non-hydrogen) atoms. The van der Waals surface area contributed by atoms with Crippen LogP contribution in [0.3, 0.4) is 0 Å². The van der Waals surface area contributed by atoms with Crippen molar-refractivity contribution >= 4 is 17.2 Å². The number of rotatable bonds is 6. The molecule has 0 saturated carbocycles. The molecule has 0 bridgehead atoms. The molecule has 0 atom stereocenters. The lowest BCUT2D eigenvalue weighted by atomic mass is 10.3. The number of hydrogen-bond donors (Lipinski definition) is 1. The number of amides is 1. The largest absolute Gasteiger partial charge is 0.344 e. The second-order valence-electron chi connectivity index (χ2n) is 3.34. The zero-order valence-corrected chi connectivity index (χ0v) is 10.0. The molecule has 1 heterocycles. The van der Waals surface area contributed by atoms with Crippen LogP contribution in [0.1, 0.15) is 11.4 Å². The molecule has 0 aliphatic rings. The summed E-state index contributed by atoms with van der Waals surface area (Å²) >= 11 is 1.60. The molecular weight excluding hydrogens is 210 g/mol. The number of thiazole rings is 1. The molecule has 1 amide bonds. The number of hydrogen-bond acceptors (Lipinski definition) is 4. The first-order valence-electron chi connectivity index (χ1n) is 5.01. The van der Waals surface area contributed by atoms with Crippen LogP contribution < -0.4 is 5.32 Å². The molecule has 1 rings (SSSR count). The quantitative estimate of drug-likeness (QED) is 0.780. The van der Waals surface area contributed by atoms with Crippen molar-refractivity contribution in [3.63, 3.8) is 0 Å². The number of nitrogens with one attached hydrogen (secondary N) is 1. The molecule has 0 aromatic carbocycles. The van der Waals surface area contributed by atoms with Gasteiger partial charge in [-0.2, -0.15) is 0 Å². The lowest BCUT2D eigenvalue weighted by Crippen LogP contribution is -2.32. The highest BCUT2D eigenvalue weighted by Gasteiger charge is 2.08. The van der Waals surface area contributed by atoms with E-state index < -0.39 is 0 Å². The van der Waals surface area contributed by atoms with Gasteiger partial charge in [-0.3, -0.25) is 4.79 Å². The van der Waals surface area contributed by atoms with Crippen LogP contribution in [0.5, 0.6) is 0 Å². The van der Waals surface area contributed by atoms with Gasteiger partial charge in [0.15, 0.2) is 0 Å². The molecule has 0 aliphatic carbocycles. The van der Waals surface area contributed by atoms with Crippen LogP contribution in [0.2, 0.25) is 0 Å². The molecule has 0 radical (unpaired) electrons. The summed E-state index contributed by atoms with van der Waals surface area (Å²) in [7, 11) is 3.72. The van der Waals surface area contributed by atoms with Gasteiger partial charge in [-0.25, -0.2) is 4.98 Å². The van der Waals surface area contributed by atoms with E-state index in [4.69, 9.17) is 0 Å². The third-order valence-corrected chi connectivity index (χ3v) is 3.00. The molecule has 4 nitrogen and oxygen atoms in total. The summed E-state index contributed by atoms with van der Waals surface area (Å²) in [4.78, 5) is 17.5. The Balaban J connectivity index is 2.23. The second kappa shape index (κ2) is 6.53. The van der Waals surface area contributed by atoms with Crippen LogP contribution >= 0.6 is 11.3 Å². The standard InChI is InChI=1S/C10H17N3OS/c1-11-5-7-13(2)10(14)4-3-9-12-6-8-15-9/h6,8,11H,3-5,7H2,1-2H3. The summed E-state index contributed by atoms with van der Waals surface area (Å²) < 4.78 is 0. The summed E-state index contributed by atoms with van der Waals surface area (Å²) in [6, 6.07) is 0. The van der Waals surface area contributed by atoms with Crippen molar-refractivity contribution in [2.75, 3.05) is 27.2 Å². The summed E-state index contributed by atoms with van der Waals surface area (Å²) in [5.74, 6) is 0.181. The van der Waals surface area contributed by atoms with Crippen molar-refractivity contribution in [3.8, 4) is 0 Å². The Morgan fingerprint density at radius 2 is 2.47 bits per heavy atom. The molecule has 1 aromatic rings. The van der Waals surface area contributed by atoms with Crippen LogP contribution in [-0.4, -0.2) is 43.0 Å². The summed E-state index contributed by atoms with van der Waals surface area (Å²) in [5.41, 5.74) is 0. The fourth-order valence-electron chi connectivity index (χ4n) is 1.19. The molecule has 0 spiro atoms. The third-order valence-electron chi connectivity index (χ3n) is 2.16. The van der Waals surface area contributed by atoms with Gasteiger partial charge in [0.05, 0.1) is 5.01 Å². The minimum atomic E-state index is 0.181. The molecule has 0 aliphatic heterocycles. The number of aromatic nitrogens is 1. The molecule has 84 valence electrons. The number of likely N-dealkylation sites (N-methyl/N-ethyl adjacent to an activating group) is 2. The monoisotopic (exact) mass is 227 g/mol. The predicted octanol–water partition coefficient (Wildman–Crippen LogP) is 0.753. The van der Waals surface area contributed by atoms with Crippen molar-refractivity contribution in [2.45, 2.75) is 12.8 Å². The Hall–Kier alpha value is -0.940. The van der Waals surface area contributed by atoms with E-state index in [9.17, 15) is 4.79 Å². The molecule has 1 N–H and O–H groups in total. The molecule has 5 heteroatoms. The fourth-order valence-corrected chi connectivity index (χ4v) is 1.81. The SMILES string of the molecule is CNCCN(C)C(=O)CCc1nccs1. The van der Waals surface area contributed by atoms with Crippen molar-refractivity contribution in [3.05, 3.63) is 16.6 Å². The van der Waals surface area contributed by atoms with E-state index in [2.05, 4.69) is 10.3 Å². The van der Waals surface area contributed by atoms with Crippen LogP contribution in [0.15, 0.2) is 11.6 Å². The van der Waals surface area contributed by atoms with Crippen molar-refractivity contribution in [1.29, 1.82) is 0 Å². The Kier molecular flexibility index (Phi) is 5.28. The van der Waals surface area contributed by atoms with Crippen molar-refractivity contribution in [1.82, 2.24) is 15.2 Å². The molecular formula is C10H17N3OS. The van der Waals surface area contributed by atoms with Gasteiger partial charge in [-0.1, -0.05) is 0 Å². The first-order valence-corrected chi connectivity index (χ1v) is 5.89. The van der Waals surface area contributed by atoms with E-state index >= 15 is 0 Å². The predicted molar refractivity (Wildman–Crippen MR) is 62.0 cm³/mol. The Morgan fingerprint density at radius 1 is 1.67 bits per heavy atom. The van der Waals surface area contributed by atoms with Gasteiger partial charge < -0.3 is 10.2 Å². The maximum absolute atomic E-state index is 11.6. The maximum Gasteiger partial charge on any atom is 0.222 e. The van der Waals surface area contributed by atoms with Gasteiger partial charge in [-0.05, 0) is 7.05 Å². The van der Waals surface area contributed by atoms with Crippen LogP contribution in [0.25, 0.3) is 0 Å². The topological polar surface area (TPSA) is 45.2 Å². The summed E-state index contributed by atoms with van der Waals surface area (Å²) in [5, 5.41) is 5.99. The zero-order valence-electron chi connectivity index (χ0n) is 9.19. The van der Waals surface area contributed by atoms with Crippen LogP contribution in [-0.2, 0) is 11.2 Å². The normalized spacial score (nSPS) is 10.3. The highest BCUT2D eigenvalue weighted by molar-refractivity contribution is 7.09. The second-order valence-corrected chi connectivity index (χ2v) is 4.32. The molecule has 1 aromatic heterocycles. The van der Waals surface area contributed by atoms with E-state index in [-0.39, 0.29) is 5.91 Å². The molecule has 0 saturated heterocycles. The number of carbonyl (C=O) groups excluding carboxylic acids is 1. The van der Waals surface area contributed by atoms with Gasteiger partial charge in [0, 0.05) is 44.6 Å². The Labute approximate surface area is 94.3 Å². The average Bonchev–Trinajstić information content (AvgIpc) is 2.75. The van der Waals surface area contributed by atoms with Gasteiger partial charge >= 0.3 is 0 Å². The summed E-state index contributed by atoms with van der Waals surface area (Å²) in [6.07, 6.45) is 3.07.